The summed E-state index contributed by atoms with van der Waals surface area (Å²) < 4.78 is 1.50. The number of non-ortho nitro benzene ring substituents is 1. The maximum atomic E-state index is 12.3. The lowest BCUT2D eigenvalue weighted by molar-refractivity contribution is -0.384. The van der Waals surface area contributed by atoms with Crippen LogP contribution in [0.5, 0.6) is 0 Å². The number of aromatic nitrogens is 2. The third-order valence-corrected chi connectivity index (χ3v) is 3.70. The highest BCUT2D eigenvalue weighted by molar-refractivity contribution is 5.94. The van der Waals surface area contributed by atoms with Crippen molar-refractivity contribution in [2.75, 3.05) is 6.54 Å². The Labute approximate surface area is 139 Å². The van der Waals surface area contributed by atoms with Crippen LogP contribution in [0.3, 0.4) is 0 Å². The van der Waals surface area contributed by atoms with Gasteiger partial charge in [0.2, 0.25) is 0 Å². The monoisotopic (exact) mass is 331 g/mol. The van der Waals surface area contributed by atoms with Crippen molar-refractivity contribution >= 4 is 11.6 Å². The van der Waals surface area contributed by atoms with Gasteiger partial charge in [0.05, 0.1) is 22.4 Å². The minimum absolute atomic E-state index is 0.00517. The lowest BCUT2D eigenvalue weighted by Gasteiger charge is -2.15. The van der Waals surface area contributed by atoms with Gasteiger partial charge in [-0.05, 0) is 18.6 Å². The van der Waals surface area contributed by atoms with E-state index < -0.39 is 4.92 Å². The second kappa shape index (κ2) is 8.21. The van der Waals surface area contributed by atoms with Crippen molar-refractivity contribution in [3.8, 4) is 5.69 Å². The van der Waals surface area contributed by atoms with Crippen LogP contribution >= 0.6 is 0 Å². The molecule has 0 radical (unpaired) electrons. The predicted molar refractivity (Wildman–Crippen MR) is 90.1 cm³/mol. The SMILES string of the molecule is CCCCC(CN)NC(=O)c1cnn(-c2ccc([N+](=O)[O-])cc2)c1. The molecule has 0 aliphatic rings. The maximum absolute atomic E-state index is 12.3. The Morgan fingerprint density at radius 3 is 2.71 bits per heavy atom. The average Bonchev–Trinajstić information content (AvgIpc) is 3.08. The molecular weight excluding hydrogens is 310 g/mol. The number of nitro groups is 1. The number of nitrogens with one attached hydrogen (secondary N) is 1. The molecule has 1 heterocycles. The Balaban J connectivity index is 2.06. The minimum atomic E-state index is -0.463. The zero-order valence-corrected chi connectivity index (χ0v) is 13.5. The van der Waals surface area contributed by atoms with E-state index in [1.54, 1.807) is 18.3 Å². The Morgan fingerprint density at radius 2 is 2.12 bits per heavy atom. The van der Waals surface area contributed by atoms with Crippen LogP contribution in [0.4, 0.5) is 5.69 Å². The molecule has 1 amide bonds. The maximum Gasteiger partial charge on any atom is 0.269 e. The van der Waals surface area contributed by atoms with Crippen LogP contribution in [0.15, 0.2) is 36.7 Å². The van der Waals surface area contributed by atoms with Crippen molar-refractivity contribution in [1.29, 1.82) is 0 Å². The summed E-state index contributed by atoms with van der Waals surface area (Å²) in [4.78, 5) is 22.5. The van der Waals surface area contributed by atoms with E-state index in [2.05, 4.69) is 17.3 Å². The first-order chi connectivity index (χ1) is 11.5. The van der Waals surface area contributed by atoms with Crippen LogP contribution in [0, 0.1) is 10.1 Å². The van der Waals surface area contributed by atoms with Crippen LogP contribution in [0.2, 0.25) is 0 Å². The van der Waals surface area contributed by atoms with E-state index in [1.165, 1.54) is 23.0 Å². The summed E-state index contributed by atoms with van der Waals surface area (Å²) in [5.41, 5.74) is 6.75. The van der Waals surface area contributed by atoms with Gasteiger partial charge in [-0.1, -0.05) is 19.8 Å². The molecule has 2 rings (SSSR count). The fourth-order valence-electron chi connectivity index (χ4n) is 2.28. The number of nitro benzene ring substituents is 1. The van der Waals surface area contributed by atoms with Crippen LogP contribution in [-0.2, 0) is 0 Å². The third kappa shape index (κ3) is 4.39. The summed E-state index contributed by atoms with van der Waals surface area (Å²) in [6, 6.07) is 5.89. The average molecular weight is 331 g/mol. The van der Waals surface area contributed by atoms with Gasteiger partial charge in [0.1, 0.15) is 0 Å². The second-order valence-electron chi connectivity index (χ2n) is 5.50. The highest BCUT2D eigenvalue weighted by atomic mass is 16.6. The predicted octanol–water partition coefficient (Wildman–Crippen LogP) is 2.03. The molecule has 2 aromatic rings. The molecule has 1 aromatic heterocycles. The lowest BCUT2D eigenvalue weighted by atomic mass is 10.1. The molecule has 0 aliphatic heterocycles. The van der Waals surface area contributed by atoms with Gasteiger partial charge in [-0.2, -0.15) is 5.10 Å². The molecule has 128 valence electrons. The number of hydrogen-bond acceptors (Lipinski definition) is 5. The molecule has 0 bridgehead atoms. The van der Waals surface area contributed by atoms with E-state index in [4.69, 9.17) is 5.73 Å². The molecule has 8 nitrogen and oxygen atoms in total. The fourth-order valence-corrected chi connectivity index (χ4v) is 2.28. The number of nitrogens with zero attached hydrogens (tertiary/aromatic N) is 3. The standard InChI is InChI=1S/C16H21N5O3/c1-2-3-4-13(9-17)19-16(22)12-10-18-20(11-12)14-5-7-15(8-6-14)21(23)24/h5-8,10-11,13H,2-4,9,17H2,1H3,(H,19,22). The van der Waals surface area contributed by atoms with Gasteiger partial charge in [0.15, 0.2) is 0 Å². The van der Waals surface area contributed by atoms with Crippen LogP contribution in [0.1, 0.15) is 36.5 Å². The summed E-state index contributed by atoms with van der Waals surface area (Å²) in [5, 5.41) is 17.7. The first-order valence-corrected chi connectivity index (χ1v) is 7.85. The summed E-state index contributed by atoms with van der Waals surface area (Å²) in [7, 11) is 0. The van der Waals surface area contributed by atoms with E-state index in [-0.39, 0.29) is 17.6 Å². The van der Waals surface area contributed by atoms with E-state index in [0.29, 0.717) is 17.8 Å². The Hall–Kier alpha value is -2.74. The van der Waals surface area contributed by atoms with Gasteiger partial charge in [0, 0.05) is 30.9 Å². The topological polar surface area (TPSA) is 116 Å². The van der Waals surface area contributed by atoms with E-state index in [0.717, 1.165) is 19.3 Å². The number of hydrogen-bond donors (Lipinski definition) is 2. The van der Waals surface area contributed by atoms with Gasteiger partial charge in [-0.15, -0.1) is 0 Å². The fraction of sp³-hybridized carbons (Fsp3) is 0.375. The van der Waals surface area contributed by atoms with E-state index in [1.807, 2.05) is 0 Å². The summed E-state index contributed by atoms with van der Waals surface area (Å²) in [6.07, 6.45) is 5.94. The Morgan fingerprint density at radius 1 is 1.42 bits per heavy atom. The zero-order valence-electron chi connectivity index (χ0n) is 13.5. The van der Waals surface area contributed by atoms with E-state index in [9.17, 15) is 14.9 Å². The van der Waals surface area contributed by atoms with Gasteiger partial charge in [-0.25, -0.2) is 4.68 Å². The molecule has 0 saturated heterocycles. The molecule has 0 saturated carbocycles. The molecule has 0 fully saturated rings. The van der Waals surface area contributed by atoms with Crippen molar-refractivity contribution < 1.29 is 9.72 Å². The van der Waals surface area contributed by atoms with Crippen LogP contribution in [-0.4, -0.2) is 33.2 Å². The number of unbranched alkanes of at least 4 members (excludes halogenated alkanes) is 1. The first-order valence-electron chi connectivity index (χ1n) is 7.85. The molecular formula is C16H21N5O3. The number of benzene rings is 1. The molecule has 1 aromatic carbocycles. The van der Waals surface area contributed by atoms with Gasteiger partial charge in [-0.3, -0.25) is 14.9 Å². The second-order valence-corrected chi connectivity index (χ2v) is 5.50. The van der Waals surface area contributed by atoms with Crippen molar-refractivity contribution in [3.63, 3.8) is 0 Å². The normalized spacial score (nSPS) is 11.9. The smallest absolute Gasteiger partial charge is 0.269 e. The molecule has 1 atom stereocenters. The summed E-state index contributed by atoms with van der Waals surface area (Å²) in [6.45, 7) is 2.48. The van der Waals surface area contributed by atoms with Crippen LogP contribution in [0.25, 0.3) is 5.69 Å². The highest BCUT2D eigenvalue weighted by Crippen LogP contribution is 2.15. The summed E-state index contributed by atoms with van der Waals surface area (Å²) in [5.74, 6) is -0.227. The minimum Gasteiger partial charge on any atom is -0.348 e. The zero-order chi connectivity index (χ0) is 17.5. The molecule has 0 aliphatic carbocycles. The molecule has 0 spiro atoms. The highest BCUT2D eigenvalue weighted by Gasteiger charge is 2.14. The van der Waals surface area contributed by atoms with E-state index >= 15 is 0 Å². The molecule has 8 heteroatoms. The largest absolute Gasteiger partial charge is 0.348 e. The van der Waals surface area contributed by atoms with Crippen molar-refractivity contribution in [1.82, 2.24) is 15.1 Å². The molecule has 3 N–H and O–H groups in total. The number of rotatable bonds is 8. The quantitative estimate of drug-likeness (QED) is 0.567. The Kier molecular flexibility index (Phi) is 6.02. The summed E-state index contributed by atoms with van der Waals surface area (Å²) >= 11 is 0. The third-order valence-electron chi connectivity index (χ3n) is 3.70. The van der Waals surface area contributed by atoms with Crippen molar-refractivity contribution in [2.45, 2.75) is 32.2 Å². The number of amides is 1. The van der Waals surface area contributed by atoms with Crippen LogP contribution < -0.4 is 11.1 Å². The number of carbonyl (C=O) groups excluding carboxylic acids is 1. The molecule has 24 heavy (non-hydrogen) atoms. The number of carbonyl (C=O) groups is 1. The Bertz CT molecular complexity index is 696. The van der Waals surface area contributed by atoms with Crippen molar-refractivity contribution in [3.05, 3.63) is 52.3 Å². The van der Waals surface area contributed by atoms with Gasteiger partial charge in [0.25, 0.3) is 11.6 Å². The molecule has 1 unspecified atom stereocenters. The number of nitrogens with two attached hydrogens (primary N) is 1. The first kappa shape index (κ1) is 17.6. The van der Waals surface area contributed by atoms with Gasteiger partial charge < -0.3 is 11.1 Å². The lowest BCUT2D eigenvalue weighted by Crippen LogP contribution is -2.40. The van der Waals surface area contributed by atoms with Gasteiger partial charge >= 0.3 is 0 Å². The van der Waals surface area contributed by atoms with Crippen molar-refractivity contribution in [2.24, 2.45) is 5.73 Å².